The number of aromatic amines is 1. The smallest absolute Gasteiger partial charge is 0.354 e. The Morgan fingerprint density at radius 2 is 1.96 bits per heavy atom. The summed E-state index contributed by atoms with van der Waals surface area (Å²) in [5.74, 6) is 0. The fourth-order valence-electron chi connectivity index (χ4n) is 2.22. The molecule has 130 valence electrons. The Bertz CT molecular complexity index is 832. The number of nitrogens with zero attached hydrogens (tertiary/aromatic N) is 2. The number of rotatable bonds is 5. The molecule has 0 fully saturated rings. The maximum Gasteiger partial charge on any atom is 0.433 e. The molecule has 0 radical (unpaired) electrons. The van der Waals surface area contributed by atoms with Gasteiger partial charge in [-0.2, -0.15) is 13.2 Å². The van der Waals surface area contributed by atoms with Gasteiger partial charge < -0.3 is 10.3 Å². The van der Waals surface area contributed by atoms with Crippen LogP contribution in [0.15, 0.2) is 53.9 Å². The molecule has 0 spiro atoms. The van der Waals surface area contributed by atoms with Gasteiger partial charge in [0.15, 0.2) is 0 Å². The molecule has 2 aromatic heterocycles. The van der Waals surface area contributed by atoms with Gasteiger partial charge in [0, 0.05) is 22.3 Å². The second kappa shape index (κ2) is 7.16. The van der Waals surface area contributed by atoms with Gasteiger partial charge in [0.25, 0.3) is 0 Å². The Kier molecular flexibility index (Phi) is 4.95. The molecular weight excluding hydrogens is 351 g/mol. The van der Waals surface area contributed by atoms with Crippen molar-refractivity contribution in [2.75, 3.05) is 12.4 Å². The summed E-state index contributed by atoms with van der Waals surface area (Å²) in [6.07, 6.45) is 0.0220. The third-order valence-electron chi connectivity index (χ3n) is 3.32. The van der Waals surface area contributed by atoms with Crippen LogP contribution in [0.5, 0.6) is 0 Å². The SMILES string of the molecule is CNSc1ccc(Nc2ccc(C(F)(F)F)nc2)c(-c2c[nH]cn2)c1. The molecule has 1 aromatic carbocycles. The molecule has 25 heavy (non-hydrogen) atoms. The number of aromatic nitrogens is 3. The number of anilines is 2. The number of halogens is 3. The molecule has 0 aliphatic rings. The minimum absolute atomic E-state index is 0.457. The topological polar surface area (TPSA) is 65.6 Å². The first-order chi connectivity index (χ1) is 12.0. The third kappa shape index (κ3) is 4.12. The van der Waals surface area contributed by atoms with Crippen molar-refractivity contribution in [3.63, 3.8) is 0 Å². The number of pyridine rings is 1. The zero-order valence-corrected chi connectivity index (χ0v) is 13.9. The number of imidazole rings is 1. The van der Waals surface area contributed by atoms with Gasteiger partial charge in [-0.15, -0.1) is 0 Å². The minimum atomic E-state index is -4.45. The van der Waals surface area contributed by atoms with Crippen molar-refractivity contribution < 1.29 is 13.2 Å². The summed E-state index contributed by atoms with van der Waals surface area (Å²) in [6.45, 7) is 0. The molecule has 3 N–H and O–H groups in total. The lowest BCUT2D eigenvalue weighted by molar-refractivity contribution is -0.141. The highest BCUT2D eigenvalue weighted by molar-refractivity contribution is 7.97. The van der Waals surface area contributed by atoms with Gasteiger partial charge in [0.05, 0.1) is 23.9 Å². The average Bonchev–Trinajstić information content (AvgIpc) is 3.10. The van der Waals surface area contributed by atoms with Crippen molar-refractivity contribution in [1.29, 1.82) is 0 Å². The van der Waals surface area contributed by atoms with Crippen LogP contribution in [0.25, 0.3) is 11.3 Å². The Balaban J connectivity index is 1.91. The van der Waals surface area contributed by atoms with E-state index < -0.39 is 11.9 Å². The number of hydrogen-bond acceptors (Lipinski definition) is 5. The highest BCUT2D eigenvalue weighted by atomic mass is 32.2. The molecule has 0 bridgehead atoms. The van der Waals surface area contributed by atoms with Gasteiger partial charge in [-0.05, 0) is 49.3 Å². The monoisotopic (exact) mass is 365 g/mol. The molecule has 0 unspecified atom stereocenters. The molecule has 3 aromatic rings. The maximum atomic E-state index is 12.6. The van der Waals surface area contributed by atoms with E-state index in [-0.39, 0.29) is 0 Å². The van der Waals surface area contributed by atoms with E-state index in [1.54, 1.807) is 12.5 Å². The van der Waals surface area contributed by atoms with E-state index in [0.29, 0.717) is 11.4 Å². The molecule has 9 heteroatoms. The van der Waals surface area contributed by atoms with Crippen LogP contribution in [0.4, 0.5) is 24.5 Å². The van der Waals surface area contributed by atoms with E-state index in [0.717, 1.165) is 28.4 Å². The van der Waals surface area contributed by atoms with Crippen molar-refractivity contribution in [2.45, 2.75) is 11.1 Å². The Morgan fingerprint density at radius 1 is 1.12 bits per heavy atom. The summed E-state index contributed by atoms with van der Waals surface area (Å²) in [5, 5.41) is 3.10. The first-order valence-corrected chi connectivity index (χ1v) is 8.06. The molecule has 3 rings (SSSR count). The average molecular weight is 365 g/mol. The second-order valence-electron chi connectivity index (χ2n) is 5.02. The van der Waals surface area contributed by atoms with Gasteiger partial charge in [0.1, 0.15) is 5.69 Å². The summed E-state index contributed by atoms with van der Waals surface area (Å²) >= 11 is 1.45. The number of nitrogens with one attached hydrogen (secondary N) is 3. The molecule has 0 amide bonds. The zero-order valence-electron chi connectivity index (χ0n) is 13.1. The molecule has 0 aliphatic heterocycles. The quantitative estimate of drug-likeness (QED) is 0.583. The van der Waals surface area contributed by atoms with Gasteiger partial charge >= 0.3 is 6.18 Å². The predicted octanol–water partition coefficient (Wildman–Crippen LogP) is 4.46. The highest BCUT2D eigenvalue weighted by Gasteiger charge is 2.32. The fraction of sp³-hybridized carbons (Fsp3) is 0.125. The standard InChI is InChI=1S/C16H14F3N5S/c1-20-25-11-3-4-13(12(6-11)14-8-21-9-23-14)24-10-2-5-15(22-7-10)16(17,18)19/h2-9,20,24H,1H3,(H,21,23). The maximum absolute atomic E-state index is 12.6. The van der Waals surface area contributed by atoms with Crippen molar-refractivity contribution >= 4 is 23.3 Å². The van der Waals surface area contributed by atoms with Crippen LogP contribution in [-0.2, 0) is 6.18 Å². The van der Waals surface area contributed by atoms with E-state index in [2.05, 4.69) is 25.0 Å². The first-order valence-electron chi connectivity index (χ1n) is 7.24. The van der Waals surface area contributed by atoms with Crippen LogP contribution in [0, 0.1) is 0 Å². The normalized spacial score (nSPS) is 11.5. The molecule has 5 nitrogen and oxygen atoms in total. The van der Waals surface area contributed by atoms with Crippen LogP contribution in [0.1, 0.15) is 5.69 Å². The lowest BCUT2D eigenvalue weighted by Gasteiger charge is -2.13. The Labute approximate surface area is 146 Å². The van der Waals surface area contributed by atoms with E-state index in [1.807, 2.05) is 25.2 Å². The molecule has 0 aliphatic carbocycles. The van der Waals surface area contributed by atoms with Gasteiger partial charge in [-0.3, -0.25) is 4.72 Å². The van der Waals surface area contributed by atoms with Crippen molar-refractivity contribution in [3.8, 4) is 11.3 Å². The van der Waals surface area contributed by atoms with Crippen molar-refractivity contribution in [3.05, 3.63) is 54.7 Å². The summed E-state index contributed by atoms with van der Waals surface area (Å²) in [5.41, 5.74) is 1.79. The van der Waals surface area contributed by atoms with Crippen LogP contribution < -0.4 is 10.0 Å². The molecule has 0 atom stereocenters. The van der Waals surface area contributed by atoms with Gasteiger partial charge in [-0.25, -0.2) is 9.97 Å². The van der Waals surface area contributed by atoms with E-state index >= 15 is 0 Å². The first kappa shape index (κ1) is 17.3. The van der Waals surface area contributed by atoms with E-state index in [4.69, 9.17) is 0 Å². The van der Waals surface area contributed by atoms with Crippen LogP contribution >= 0.6 is 11.9 Å². The molecule has 0 saturated heterocycles. The molecule has 2 heterocycles. The zero-order chi connectivity index (χ0) is 17.9. The lowest BCUT2D eigenvalue weighted by atomic mass is 10.1. The fourth-order valence-corrected chi connectivity index (χ4v) is 2.77. The Morgan fingerprint density at radius 3 is 2.56 bits per heavy atom. The van der Waals surface area contributed by atoms with Crippen LogP contribution in [0.3, 0.4) is 0 Å². The number of H-pyrrole nitrogens is 1. The van der Waals surface area contributed by atoms with Crippen LogP contribution in [-0.4, -0.2) is 22.0 Å². The third-order valence-corrected chi connectivity index (χ3v) is 4.01. The number of hydrogen-bond donors (Lipinski definition) is 3. The predicted molar refractivity (Wildman–Crippen MR) is 91.5 cm³/mol. The largest absolute Gasteiger partial charge is 0.433 e. The summed E-state index contributed by atoms with van der Waals surface area (Å²) in [4.78, 5) is 11.6. The molecular formula is C16H14F3N5S. The second-order valence-corrected chi connectivity index (χ2v) is 6.11. The molecule has 0 saturated carbocycles. The number of benzene rings is 1. The Hall–Kier alpha value is -2.52. The van der Waals surface area contributed by atoms with Crippen molar-refractivity contribution in [1.82, 2.24) is 19.7 Å². The highest BCUT2D eigenvalue weighted by Crippen LogP contribution is 2.33. The van der Waals surface area contributed by atoms with Crippen LogP contribution in [0.2, 0.25) is 0 Å². The van der Waals surface area contributed by atoms with E-state index in [9.17, 15) is 13.2 Å². The minimum Gasteiger partial charge on any atom is -0.354 e. The summed E-state index contributed by atoms with van der Waals surface area (Å²) in [6, 6.07) is 7.98. The number of alkyl halides is 3. The lowest BCUT2D eigenvalue weighted by Crippen LogP contribution is -2.07. The summed E-state index contributed by atoms with van der Waals surface area (Å²) < 4.78 is 40.8. The van der Waals surface area contributed by atoms with Gasteiger partial charge in [-0.1, -0.05) is 0 Å². The summed E-state index contributed by atoms with van der Waals surface area (Å²) in [7, 11) is 1.82. The van der Waals surface area contributed by atoms with Crippen molar-refractivity contribution in [2.24, 2.45) is 0 Å². The van der Waals surface area contributed by atoms with E-state index in [1.165, 1.54) is 18.0 Å². The van der Waals surface area contributed by atoms with Gasteiger partial charge in [0.2, 0.25) is 0 Å².